The van der Waals surface area contributed by atoms with Crippen LogP contribution in [-0.2, 0) is 6.54 Å². The van der Waals surface area contributed by atoms with Crippen LogP contribution in [0.3, 0.4) is 0 Å². The van der Waals surface area contributed by atoms with Crippen molar-refractivity contribution in [1.29, 1.82) is 0 Å². The van der Waals surface area contributed by atoms with Crippen LogP contribution in [0.25, 0.3) is 34.6 Å². The van der Waals surface area contributed by atoms with E-state index in [9.17, 15) is 0 Å². The monoisotopic (exact) mass is 271 g/mol. The van der Waals surface area contributed by atoms with Crippen molar-refractivity contribution in [3.05, 3.63) is 70.9 Å². The minimum absolute atomic E-state index is 0.944. The van der Waals surface area contributed by atoms with Gasteiger partial charge in [-0.2, -0.15) is 0 Å². The van der Waals surface area contributed by atoms with E-state index in [1.807, 2.05) is 0 Å². The number of allylic oxidation sites excluding steroid dienone is 2. The molecule has 21 heavy (non-hydrogen) atoms. The molecule has 0 atom stereocenters. The minimum Gasteiger partial charge on any atom is -0.337 e. The molecule has 0 fully saturated rings. The molecule has 0 aliphatic carbocycles. The van der Waals surface area contributed by atoms with Crippen molar-refractivity contribution in [2.75, 3.05) is 0 Å². The second-order valence-corrected chi connectivity index (χ2v) is 5.72. The van der Waals surface area contributed by atoms with Crippen LogP contribution >= 0.6 is 0 Å². The van der Waals surface area contributed by atoms with Crippen LogP contribution in [0.15, 0.2) is 60.2 Å². The third-order valence-corrected chi connectivity index (χ3v) is 4.26. The number of benzene rings is 2. The van der Waals surface area contributed by atoms with Gasteiger partial charge in [0.05, 0.1) is 0 Å². The zero-order valence-corrected chi connectivity index (χ0v) is 12.1. The van der Waals surface area contributed by atoms with E-state index in [0.717, 1.165) is 11.9 Å². The fraction of sp³-hybridized carbons (Fsp3) is 0.100. The zero-order valence-electron chi connectivity index (χ0n) is 12.1. The quantitative estimate of drug-likeness (QED) is 0.639. The molecule has 1 aromatic heterocycles. The maximum atomic E-state index is 4.27. The van der Waals surface area contributed by atoms with Crippen LogP contribution in [0.1, 0.15) is 6.92 Å². The third-order valence-electron chi connectivity index (χ3n) is 4.26. The predicted octanol–water partition coefficient (Wildman–Crippen LogP) is 3.46. The SMILES string of the molecule is C=c1c2ccc(-c3ccccc3)cc2c2n1CC(C)=CC=2. The van der Waals surface area contributed by atoms with Gasteiger partial charge in [0.15, 0.2) is 0 Å². The smallest absolute Gasteiger partial charge is 0.0494 e. The Balaban J connectivity index is 2.04. The fourth-order valence-corrected chi connectivity index (χ4v) is 3.14. The van der Waals surface area contributed by atoms with Crippen LogP contribution < -0.4 is 10.7 Å². The number of rotatable bonds is 1. The van der Waals surface area contributed by atoms with Gasteiger partial charge in [0.1, 0.15) is 0 Å². The minimum atomic E-state index is 0.944. The molecule has 0 amide bonds. The lowest BCUT2D eigenvalue weighted by Crippen LogP contribution is -2.28. The number of fused-ring (bicyclic) bond motifs is 3. The Labute approximate surface area is 124 Å². The zero-order chi connectivity index (χ0) is 14.4. The molecule has 4 rings (SSSR count). The number of hydrogen-bond acceptors (Lipinski definition) is 0. The summed E-state index contributed by atoms with van der Waals surface area (Å²) in [6, 6.07) is 17.2. The van der Waals surface area contributed by atoms with E-state index in [0.29, 0.717) is 0 Å². The molecule has 0 bridgehead atoms. The summed E-state index contributed by atoms with van der Waals surface area (Å²) in [7, 11) is 0. The normalized spacial score (nSPS) is 13.7. The average Bonchev–Trinajstić information content (AvgIpc) is 2.80. The molecule has 1 nitrogen and oxygen atoms in total. The second kappa shape index (κ2) is 4.49. The van der Waals surface area contributed by atoms with E-state index in [4.69, 9.17) is 0 Å². The molecule has 3 aromatic rings. The highest BCUT2D eigenvalue weighted by atomic mass is 15.0. The summed E-state index contributed by atoms with van der Waals surface area (Å²) < 4.78 is 2.31. The molecule has 1 heteroatoms. The average molecular weight is 271 g/mol. The first-order chi connectivity index (χ1) is 10.2. The van der Waals surface area contributed by atoms with Crippen molar-refractivity contribution >= 4 is 23.4 Å². The van der Waals surface area contributed by atoms with Crippen LogP contribution in [0.2, 0.25) is 0 Å². The van der Waals surface area contributed by atoms with E-state index >= 15 is 0 Å². The van der Waals surface area contributed by atoms with Crippen molar-refractivity contribution in [3.8, 4) is 11.1 Å². The summed E-state index contributed by atoms with van der Waals surface area (Å²) in [6.07, 6.45) is 4.42. The van der Waals surface area contributed by atoms with E-state index in [1.165, 1.54) is 32.8 Å². The molecule has 2 heterocycles. The van der Waals surface area contributed by atoms with Gasteiger partial charge in [0, 0.05) is 28.0 Å². The van der Waals surface area contributed by atoms with Crippen molar-refractivity contribution in [1.82, 2.24) is 4.57 Å². The highest BCUT2D eigenvalue weighted by Gasteiger charge is 2.10. The highest BCUT2D eigenvalue weighted by Crippen LogP contribution is 2.22. The molecule has 0 spiro atoms. The van der Waals surface area contributed by atoms with Gasteiger partial charge >= 0.3 is 0 Å². The van der Waals surface area contributed by atoms with Gasteiger partial charge in [-0.05, 0) is 30.2 Å². The lowest BCUT2D eigenvalue weighted by molar-refractivity contribution is 0.743. The molecule has 0 N–H and O–H groups in total. The van der Waals surface area contributed by atoms with Gasteiger partial charge in [0.25, 0.3) is 0 Å². The number of nitrogens with zero attached hydrogens (tertiary/aromatic N) is 1. The van der Waals surface area contributed by atoms with Gasteiger partial charge in [-0.25, -0.2) is 0 Å². The molecule has 1 aliphatic rings. The van der Waals surface area contributed by atoms with Crippen molar-refractivity contribution in [3.63, 3.8) is 0 Å². The van der Waals surface area contributed by atoms with E-state index in [-0.39, 0.29) is 0 Å². The maximum absolute atomic E-state index is 4.27. The third kappa shape index (κ3) is 1.85. The first-order valence-corrected chi connectivity index (χ1v) is 7.28. The Bertz CT molecular complexity index is 972. The lowest BCUT2D eigenvalue weighted by Gasteiger charge is -2.08. The Kier molecular flexibility index (Phi) is 2.61. The lowest BCUT2D eigenvalue weighted by atomic mass is 10.0. The summed E-state index contributed by atoms with van der Waals surface area (Å²) in [5.41, 5.74) is 3.89. The van der Waals surface area contributed by atoms with Crippen LogP contribution in [0, 0.1) is 0 Å². The summed E-state index contributed by atoms with van der Waals surface area (Å²) >= 11 is 0. The highest BCUT2D eigenvalue weighted by molar-refractivity contribution is 5.89. The number of aromatic nitrogens is 1. The van der Waals surface area contributed by atoms with E-state index < -0.39 is 0 Å². The topological polar surface area (TPSA) is 4.93 Å². The van der Waals surface area contributed by atoms with E-state index in [1.54, 1.807) is 0 Å². The van der Waals surface area contributed by atoms with Crippen LogP contribution in [0.5, 0.6) is 0 Å². The number of hydrogen-bond donors (Lipinski definition) is 0. The standard InChI is InChI=1S/C20H17N/c1-14-8-11-20-19-12-17(16-6-4-3-5-7-16)9-10-18(19)15(2)21(20)13-14/h3-12H,2,13H2,1H3. The Hall–Kier alpha value is -2.54. The fourth-order valence-electron chi connectivity index (χ4n) is 3.14. The molecular weight excluding hydrogens is 254 g/mol. The van der Waals surface area contributed by atoms with Gasteiger partial charge in [-0.3, -0.25) is 0 Å². The second-order valence-electron chi connectivity index (χ2n) is 5.72. The Morgan fingerprint density at radius 2 is 1.71 bits per heavy atom. The van der Waals surface area contributed by atoms with Crippen LogP contribution in [0.4, 0.5) is 0 Å². The maximum Gasteiger partial charge on any atom is 0.0494 e. The summed E-state index contributed by atoms with van der Waals surface area (Å²) in [5.74, 6) is 0. The molecule has 0 radical (unpaired) electrons. The predicted molar refractivity (Wildman–Crippen MR) is 90.4 cm³/mol. The van der Waals surface area contributed by atoms with Gasteiger partial charge < -0.3 is 4.57 Å². The Morgan fingerprint density at radius 1 is 0.905 bits per heavy atom. The summed E-state index contributed by atoms with van der Waals surface area (Å²) in [6.45, 7) is 7.38. The van der Waals surface area contributed by atoms with Gasteiger partial charge in [-0.1, -0.05) is 60.7 Å². The van der Waals surface area contributed by atoms with Crippen molar-refractivity contribution in [2.45, 2.75) is 13.5 Å². The van der Waals surface area contributed by atoms with Crippen molar-refractivity contribution in [2.24, 2.45) is 0 Å². The molecular formula is C20H17N. The summed E-state index contributed by atoms with van der Waals surface area (Å²) in [5, 5.41) is 4.94. The first kappa shape index (κ1) is 12.2. The van der Waals surface area contributed by atoms with Gasteiger partial charge in [0.2, 0.25) is 0 Å². The van der Waals surface area contributed by atoms with Gasteiger partial charge in [-0.15, -0.1) is 0 Å². The molecule has 0 unspecified atom stereocenters. The van der Waals surface area contributed by atoms with Crippen LogP contribution in [-0.4, -0.2) is 4.57 Å². The first-order valence-electron chi connectivity index (χ1n) is 7.28. The summed E-state index contributed by atoms with van der Waals surface area (Å²) in [4.78, 5) is 0. The van der Waals surface area contributed by atoms with Crippen molar-refractivity contribution < 1.29 is 0 Å². The Morgan fingerprint density at radius 3 is 2.52 bits per heavy atom. The molecule has 0 saturated heterocycles. The largest absolute Gasteiger partial charge is 0.337 e. The molecule has 2 aromatic carbocycles. The molecule has 0 saturated carbocycles. The van der Waals surface area contributed by atoms with E-state index in [2.05, 4.69) is 78.8 Å². The molecule has 102 valence electrons. The molecule has 1 aliphatic heterocycles.